The lowest BCUT2D eigenvalue weighted by atomic mass is 10.0. The van der Waals surface area contributed by atoms with Gasteiger partial charge in [-0.1, -0.05) is 29.8 Å². The van der Waals surface area contributed by atoms with Crippen molar-refractivity contribution in [1.29, 1.82) is 0 Å². The van der Waals surface area contributed by atoms with Crippen LogP contribution in [0.2, 0.25) is 0 Å². The number of carbonyl (C=O) groups excluding carboxylic acids is 1. The number of carbonyl (C=O) groups is 1. The largest absolute Gasteiger partial charge is 0.297 e. The Labute approximate surface area is 90.0 Å². The molecule has 1 heterocycles. The molecule has 15 heavy (non-hydrogen) atoms. The minimum absolute atomic E-state index is 0.0737. The van der Waals surface area contributed by atoms with Gasteiger partial charge in [-0.25, -0.2) is 0 Å². The second kappa shape index (κ2) is 3.97. The summed E-state index contributed by atoms with van der Waals surface area (Å²) in [7, 11) is 0. The van der Waals surface area contributed by atoms with E-state index in [0.717, 1.165) is 18.6 Å². The van der Waals surface area contributed by atoms with Gasteiger partial charge in [-0.3, -0.25) is 9.79 Å². The number of nitrogens with zero attached hydrogens (tertiary/aromatic N) is 1. The van der Waals surface area contributed by atoms with Crippen molar-refractivity contribution in [3.05, 3.63) is 35.4 Å². The summed E-state index contributed by atoms with van der Waals surface area (Å²) in [6, 6.07) is 8.44. The lowest BCUT2D eigenvalue weighted by Crippen LogP contribution is -2.08. The Balaban J connectivity index is 1.82. The Hall–Kier alpha value is -1.44. The first-order valence-electron chi connectivity index (χ1n) is 5.29. The van der Waals surface area contributed by atoms with Gasteiger partial charge >= 0.3 is 0 Å². The summed E-state index contributed by atoms with van der Waals surface area (Å²) in [6.45, 7) is 3.69. The molecule has 2 nitrogen and oxygen atoms in total. The average Bonchev–Trinajstić information content (AvgIpc) is 2.96. The second-order valence-corrected chi connectivity index (χ2v) is 4.12. The molecule has 0 amide bonds. The van der Waals surface area contributed by atoms with Gasteiger partial charge in [-0.05, 0) is 32.3 Å². The van der Waals surface area contributed by atoms with E-state index in [1.54, 1.807) is 6.92 Å². The van der Waals surface area contributed by atoms with Gasteiger partial charge in [0.15, 0.2) is 5.78 Å². The molecule has 1 aliphatic heterocycles. The first-order chi connectivity index (χ1) is 7.16. The monoisotopic (exact) mass is 201 g/mol. The molecular formula is C13H15NO. The summed E-state index contributed by atoms with van der Waals surface area (Å²) in [6.07, 6.45) is 1.91. The lowest BCUT2D eigenvalue weighted by Gasteiger charge is -1.99. The van der Waals surface area contributed by atoms with Crippen molar-refractivity contribution in [2.75, 3.05) is 0 Å². The van der Waals surface area contributed by atoms with Gasteiger partial charge in [-0.2, -0.15) is 0 Å². The first kappa shape index (κ1) is 10.1. The van der Waals surface area contributed by atoms with Crippen LogP contribution in [0.15, 0.2) is 29.3 Å². The maximum absolute atomic E-state index is 11.0. The highest BCUT2D eigenvalue weighted by atomic mass is 16.1. The molecule has 2 heteroatoms. The molecule has 0 fully saturated rings. The van der Waals surface area contributed by atoms with E-state index in [4.69, 9.17) is 0 Å². The number of aliphatic imine (C=N–C) groups is 1. The van der Waals surface area contributed by atoms with Gasteiger partial charge in [0.25, 0.3) is 0 Å². The highest BCUT2D eigenvalue weighted by Gasteiger charge is 2.30. The normalized spacial score (nSPS) is 18.5. The van der Waals surface area contributed by atoms with Crippen molar-refractivity contribution in [3.63, 3.8) is 0 Å². The molecule has 2 rings (SSSR count). The number of Topliss-reactive ketones (excluding diaryl/α,β-unsaturated/α-hetero) is 1. The second-order valence-electron chi connectivity index (χ2n) is 4.12. The van der Waals surface area contributed by atoms with Gasteiger partial charge in [0.05, 0.1) is 0 Å². The summed E-state index contributed by atoms with van der Waals surface area (Å²) in [5.74, 6) is 0.175. The Bertz CT molecular complexity index is 403. The molecule has 0 bridgehead atoms. The van der Waals surface area contributed by atoms with Crippen LogP contribution < -0.4 is 0 Å². The quantitative estimate of drug-likeness (QED) is 0.735. The van der Waals surface area contributed by atoms with Crippen molar-refractivity contribution in [2.45, 2.75) is 32.7 Å². The van der Waals surface area contributed by atoms with E-state index in [2.05, 4.69) is 36.2 Å². The van der Waals surface area contributed by atoms with Gasteiger partial charge in [0, 0.05) is 5.71 Å². The minimum Gasteiger partial charge on any atom is -0.297 e. The fraction of sp³-hybridized carbons (Fsp3) is 0.385. The predicted octanol–water partition coefficient (Wildman–Crippen LogP) is 2.34. The number of ketones is 1. The Kier molecular flexibility index (Phi) is 2.67. The summed E-state index contributed by atoms with van der Waals surface area (Å²) in [5, 5.41) is 0. The lowest BCUT2D eigenvalue weighted by molar-refractivity contribution is -0.116. The molecule has 0 radical (unpaired) electrons. The van der Waals surface area contributed by atoms with Crippen LogP contribution in [-0.4, -0.2) is 17.5 Å². The van der Waals surface area contributed by atoms with E-state index in [-0.39, 0.29) is 11.8 Å². The standard InChI is InChI=1S/C13H15NO/c1-9-3-5-11(6-4-9)7-8-12-13(14-12)10(2)15/h3-6,13H,7-8H2,1-2H3/t13-/m0/s1. The molecule has 1 aromatic carbocycles. The molecule has 78 valence electrons. The van der Waals surface area contributed by atoms with Gasteiger partial charge in [-0.15, -0.1) is 0 Å². The topological polar surface area (TPSA) is 29.4 Å². The Morgan fingerprint density at radius 3 is 2.47 bits per heavy atom. The molecule has 0 aliphatic carbocycles. The maximum atomic E-state index is 11.0. The van der Waals surface area contributed by atoms with Crippen molar-refractivity contribution < 1.29 is 4.79 Å². The van der Waals surface area contributed by atoms with E-state index < -0.39 is 0 Å². The number of hydrogen-bond acceptors (Lipinski definition) is 2. The van der Waals surface area contributed by atoms with Crippen LogP contribution in [0.1, 0.15) is 24.5 Å². The van der Waals surface area contributed by atoms with Gasteiger partial charge in [0.1, 0.15) is 6.04 Å². The molecule has 1 atom stereocenters. The van der Waals surface area contributed by atoms with Crippen LogP contribution in [0.25, 0.3) is 0 Å². The minimum atomic E-state index is -0.0737. The van der Waals surface area contributed by atoms with Crippen LogP contribution in [-0.2, 0) is 11.2 Å². The van der Waals surface area contributed by atoms with Gasteiger partial charge in [0.2, 0.25) is 0 Å². The van der Waals surface area contributed by atoms with Gasteiger partial charge < -0.3 is 0 Å². The van der Waals surface area contributed by atoms with Crippen LogP contribution in [0.3, 0.4) is 0 Å². The van der Waals surface area contributed by atoms with Crippen molar-refractivity contribution in [2.24, 2.45) is 4.99 Å². The number of aryl methyl sites for hydroxylation is 2. The molecule has 1 aromatic rings. The smallest absolute Gasteiger partial charge is 0.159 e. The number of hydrogen-bond donors (Lipinski definition) is 0. The molecular weight excluding hydrogens is 186 g/mol. The average molecular weight is 201 g/mol. The zero-order valence-electron chi connectivity index (χ0n) is 9.16. The zero-order valence-corrected chi connectivity index (χ0v) is 9.16. The van der Waals surface area contributed by atoms with Crippen LogP contribution in [0.5, 0.6) is 0 Å². The summed E-state index contributed by atoms with van der Waals surface area (Å²) >= 11 is 0. The Morgan fingerprint density at radius 2 is 1.93 bits per heavy atom. The maximum Gasteiger partial charge on any atom is 0.159 e. The van der Waals surface area contributed by atoms with Crippen LogP contribution in [0.4, 0.5) is 0 Å². The highest BCUT2D eigenvalue weighted by molar-refractivity contribution is 6.17. The third-order valence-corrected chi connectivity index (χ3v) is 2.72. The van der Waals surface area contributed by atoms with E-state index in [9.17, 15) is 4.79 Å². The summed E-state index contributed by atoms with van der Waals surface area (Å²) in [4.78, 5) is 15.1. The van der Waals surface area contributed by atoms with Crippen molar-refractivity contribution in [3.8, 4) is 0 Å². The fourth-order valence-corrected chi connectivity index (χ4v) is 1.68. The fourth-order valence-electron chi connectivity index (χ4n) is 1.68. The predicted molar refractivity (Wildman–Crippen MR) is 61.4 cm³/mol. The number of rotatable bonds is 4. The van der Waals surface area contributed by atoms with Crippen LogP contribution >= 0.6 is 0 Å². The molecule has 1 aliphatic rings. The molecule has 0 aromatic heterocycles. The highest BCUT2D eigenvalue weighted by Crippen LogP contribution is 2.18. The van der Waals surface area contributed by atoms with Crippen molar-refractivity contribution >= 4 is 11.5 Å². The van der Waals surface area contributed by atoms with Crippen molar-refractivity contribution in [1.82, 2.24) is 0 Å². The third kappa shape index (κ3) is 2.52. The SMILES string of the molecule is CC(=O)[C@@H]1N=C1CCc1ccc(C)cc1. The summed E-state index contributed by atoms with van der Waals surface area (Å²) in [5.41, 5.74) is 3.67. The van der Waals surface area contributed by atoms with Crippen LogP contribution in [0, 0.1) is 6.92 Å². The van der Waals surface area contributed by atoms with E-state index >= 15 is 0 Å². The third-order valence-electron chi connectivity index (χ3n) is 2.72. The van der Waals surface area contributed by atoms with E-state index in [1.165, 1.54) is 11.1 Å². The Morgan fingerprint density at radius 1 is 1.27 bits per heavy atom. The molecule has 0 saturated carbocycles. The molecule has 0 spiro atoms. The number of benzene rings is 1. The molecule has 0 saturated heterocycles. The zero-order chi connectivity index (χ0) is 10.8. The summed E-state index contributed by atoms with van der Waals surface area (Å²) < 4.78 is 0. The van der Waals surface area contributed by atoms with E-state index in [0.29, 0.717) is 0 Å². The van der Waals surface area contributed by atoms with E-state index in [1.807, 2.05) is 0 Å². The molecule has 0 unspecified atom stereocenters. The first-order valence-corrected chi connectivity index (χ1v) is 5.29. The molecule has 0 N–H and O–H groups in total.